The van der Waals surface area contributed by atoms with E-state index in [1.807, 2.05) is 0 Å². The number of hydrogen-bond acceptors (Lipinski definition) is 4. The van der Waals surface area contributed by atoms with Crippen LogP contribution in [0.3, 0.4) is 0 Å². The van der Waals surface area contributed by atoms with Crippen molar-refractivity contribution in [2.24, 2.45) is 0 Å². The third-order valence-electron chi connectivity index (χ3n) is 2.69. The fourth-order valence-corrected chi connectivity index (χ4v) is 1.84. The minimum absolute atomic E-state index is 0.148. The molecular formula is C12H12F3NO3. The van der Waals surface area contributed by atoms with E-state index in [1.54, 1.807) is 6.07 Å². The van der Waals surface area contributed by atoms with Gasteiger partial charge in [-0.15, -0.1) is 13.2 Å². The highest BCUT2D eigenvalue weighted by Crippen LogP contribution is 2.29. The molecule has 0 spiro atoms. The van der Waals surface area contributed by atoms with Crippen LogP contribution in [-0.2, 0) is 4.74 Å². The Labute approximate surface area is 107 Å². The summed E-state index contributed by atoms with van der Waals surface area (Å²) in [5.41, 5.74) is 0.391. The van der Waals surface area contributed by atoms with Crippen LogP contribution < -0.4 is 10.1 Å². The minimum Gasteiger partial charge on any atom is -0.405 e. The Bertz CT molecular complexity index is 456. The first-order chi connectivity index (χ1) is 8.99. The zero-order valence-electron chi connectivity index (χ0n) is 9.87. The third-order valence-corrected chi connectivity index (χ3v) is 2.69. The van der Waals surface area contributed by atoms with Gasteiger partial charge in [-0.25, -0.2) is 0 Å². The topological polar surface area (TPSA) is 47.6 Å². The standard InChI is InChI=1S/C12H12F3NO3/c13-12(14,15)19-10-5-8(1-2-9(10)7-17)11-6-16-3-4-18-11/h1-2,5,7,11,16H,3-4,6H2. The second kappa shape index (κ2) is 5.58. The second-order valence-corrected chi connectivity index (χ2v) is 4.03. The van der Waals surface area contributed by atoms with E-state index in [1.165, 1.54) is 12.1 Å². The molecule has 0 aromatic heterocycles. The van der Waals surface area contributed by atoms with Gasteiger partial charge in [0, 0.05) is 13.1 Å². The van der Waals surface area contributed by atoms with Gasteiger partial charge in [-0.05, 0) is 17.7 Å². The number of rotatable bonds is 3. The molecule has 4 nitrogen and oxygen atoms in total. The number of aldehydes is 1. The lowest BCUT2D eigenvalue weighted by molar-refractivity contribution is -0.274. The van der Waals surface area contributed by atoms with Gasteiger partial charge in [0.15, 0.2) is 6.29 Å². The lowest BCUT2D eigenvalue weighted by Crippen LogP contribution is -2.33. The van der Waals surface area contributed by atoms with Crippen molar-refractivity contribution in [3.05, 3.63) is 29.3 Å². The maximum Gasteiger partial charge on any atom is 0.573 e. The Kier molecular flexibility index (Phi) is 4.06. The van der Waals surface area contributed by atoms with Crippen LogP contribution in [0.15, 0.2) is 18.2 Å². The summed E-state index contributed by atoms with van der Waals surface area (Å²) in [4.78, 5) is 10.7. The van der Waals surface area contributed by atoms with Crippen LogP contribution in [0, 0.1) is 0 Å². The quantitative estimate of drug-likeness (QED) is 0.858. The van der Waals surface area contributed by atoms with Gasteiger partial charge in [-0.3, -0.25) is 4.79 Å². The summed E-state index contributed by atoms with van der Waals surface area (Å²) >= 11 is 0. The molecule has 0 radical (unpaired) electrons. The molecule has 1 aliphatic heterocycles. The van der Waals surface area contributed by atoms with Crippen LogP contribution in [0.2, 0.25) is 0 Å². The van der Waals surface area contributed by atoms with E-state index < -0.39 is 12.1 Å². The monoisotopic (exact) mass is 275 g/mol. The molecule has 1 aromatic rings. The first-order valence-electron chi connectivity index (χ1n) is 5.67. The molecule has 1 atom stereocenters. The van der Waals surface area contributed by atoms with Gasteiger partial charge >= 0.3 is 6.36 Å². The van der Waals surface area contributed by atoms with Gasteiger partial charge in [0.1, 0.15) is 5.75 Å². The van der Waals surface area contributed by atoms with Crippen molar-refractivity contribution in [2.75, 3.05) is 19.7 Å². The van der Waals surface area contributed by atoms with E-state index in [4.69, 9.17) is 4.74 Å². The van der Waals surface area contributed by atoms with Crippen molar-refractivity contribution in [1.29, 1.82) is 0 Å². The number of carbonyl (C=O) groups excluding carboxylic acids is 1. The van der Waals surface area contributed by atoms with Gasteiger partial charge < -0.3 is 14.8 Å². The highest BCUT2D eigenvalue weighted by molar-refractivity contribution is 5.79. The van der Waals surface area contributed by atoms with Crippen LogP contribution >= 0.6 is 0 Å². The van der Waals surface area contributed by atoms with Crippen LogP contribution in [0.5, 0.6) is 5.75 Å². The molecule has 0 saturated carbocycles. The van der Waals surface area contributed by atoms with Crippen molar-refractivity contribution in [1.82, 2.24) is 5.32 Å². The molecule has 2 rings (SSSR count). The van der Waals surface area contributed by atoms with E-state index in [9.17, 15) is 18.0 Å². The summed E-state index contributed by atoms with van der Waals surface area (Å²) in [5, 5.41) is 3.07. The highest BCUT2D eigenvalue weighted by atomic mass is 19.4. The molecular weight excluding hydrogens is 263 g/mol. The van der Waals surface area contributed by atoms with Crippen molar-refractivity contribution >= 4 is 6.29 Å². The van der Waals surface area contributed by atoms with Crippen molar-refractivity contribution in [3.63, 3.8) is 0 Å². The third kappa shape index (κ3) is 3.68. The maximum absolute atomic E-state index is 12.2. The Balaban J connectivity index is 2.26. The molecule has 1 saturated heterocycles. The number of nitrogens with one attached hydrogen (secondary N) is 1. The minimum atomic E-state index is -4.83. The van der Waals surface area contributed by atoms with E-state index in [2.05, 4.69) is 10.1 Å². The molecule has 0 amide bonds. The summed E-state index contributed by atoms with van der Waals surface area (Å²) in [5.74, 6) is -0.505. The van der Waals surface area contributed by atoms with Crippen LogP contribution in [0.1, 0.15) is 22.0 Å². The lowest BCUT2D eigenvalue weighted by Gasteiger charge is -2.24. The number of alkyl halides is 3. The average molecular weight is 275 g/mol. The molecule has 1 N–H and O–H groups in total. The van der Waals surface area contributed by atoms with Crippen molar-refractivity contribution in [3.8, 4) is 5.75 Å². The fourth-order valence-electron chi connectivity index (χ4n) is 1.84. The van der Waals surface area contributed by atoms with E-state index in [0.29, 0.717) is 31.5 Å². The molecule has 19 heavy (non-hydrogen) atoms. The van der Waals surface area contributed by atoms with E-state index in [0.717, 1.165) is 0 Å². The number of hydrogen-bond donors (Lipinski definition) is 1. The summed E-state index contributed by atoms with van der Waals surface area (Å²) in [6.45, 7) is 1.69. The lowest BCUT2D eigenvalue weighted by atomic mass is 10.1. The number of halogens is 3. The predicted molar refractivity (Wildman–Crippen MR) is 60.1 cm³/mol. The molecule has 1 fully saturated rings. The largest absolute Gasteiger partial charge is 0.573 e. The summed E-state index contributed by atoms with van der Waals surface area (Å²) in [7, 11) is 0. The Hall–Kier alpha value is -1.60. The van der Waals surface area contributed by atoms with Crippen molar-refractivity contribution in [2.45, 2.75) is 12.5 Å². The highest BCUT2D eigenvalue weighted by Gasteiger charge is 2.32. The second-order valence-electron chi connectivity index (χ2n) is 4.03. The molecule has 1 aromatic carbocycles. The smallest absolute Gasteiger partial charge is 0.405 e. The zero-order chi connectivity index (χ0) is 13.9. The SMILES string of the molecule is O=Cc1ccc(C2CNCCO2)cc1OC(F)(F)F. The van der Waals surface area contributed by atoms with Gasteiger partial charge in [0.25, 0.3) is 0 Å². The molecule has 104 valence electrons. The number of benzene rings is 1. The first-order valence-corrected chi connectivity index (χ1v) is 5.67. The molecule has 1 heterocycles. The summed E-state index contributed by atoms with van der Waals surface area (Å²) < 4.78 is 46.0. The van der Waals surface area contributed by atoms with Gasteiger partial charge in [-0.1, -0.05) is 6.07 Å². The predicted octanol–water partition coefficient (Wildman–Crippen LogP) is 2.06. The van der Waals surface area contributed by atoms with Gasteiger partial charge in [0.2, 0.25) is 0 Å². The molecule has 0 bridgehead atoms. The fraction of sp³-hybridized carbons (Fsp3) is 0.417. The maximum atomic E-state index is 12.2. The molecule has 7 heteroatoms. The zero-order valence-corrected chi connectivity index (χ0v) is 9.87. The molecule has 1 aliphatic rings. The Morgan fingerprint density at radius 3 is 2.79 bits per heavy atom. The first kappa shape index (κ1) is 13.8. The summed E-state index contributed by atoms with van der Waals surface area (Å²) in [6.07, 6.45) is -4.85. The Morgan fingerprint density at radius 2 is 2.21 bits per heavy atom. The normalized spacial score (nSPS) is 20.1. The number of morpholine rings is 1. The van der Waals surface area contributed by atoms with Crippen LogP contribution in [0.25, 0.3) is 0 Å². The van der Waals surface area contributed by atoms with Crippen LogP contribution in [-0.4, -0.2) is 32.3 Å². The van der Waals surface area contributed by atoms with Crippen LogP contribution in [0.4, 0.5) is 13.2 Å². The number of ether oxygens (including phenoxy) is 2. The van der Waals surface area contributed by atoms with E-state index in [-0.39, 0.29) is 11.7 Å². The molecule has 1 unspecified atom stereocenters. The van der Waals surface area contributed by atoms with E-state index >= 15 is 0 Å². The van der Waals surface area contributed by atoms with Crippen molar-refractivity contribution < 1.29 is 27.4 Å². The Morgan fingerprint density at radius 1 is 1.42 bits per heavy atom. The average Bonchev–Trinajstić information content (AvgIpc) is 2.38. The van der Waals surface area contributed by atoms with Gasteiger partial charge in [-0.2, -0.15) is 0 Å². The number of carbonyl (C=O) groups is 1. The summed E-state index contributed by atoms with van der Waals surface area (Å²) in [6, 6.07) is 4.04. The molecule has 0 aliphatic carbocycles. The van der Waals surface area contributed by atoms with Gasteiger partial charge in [0.05, 0.1) is 18.3 Å².